The monoisotopic (exact) mass is 416 g/mol. The summed E-state index contributed by atoms with van der Waals surface area (Å²) >= 11 is 5.22. The van der Waals surface area contributed by atoms with Crippen molar-refractivity contribution in [2.24, 2.45) is 11.5 Å². The van der Waals surface area contributed by atoms with Crippen LogP contribution in [0.4, 0.5) is 0 Å². The first kappa shape index (κ1) is 30.1. The first-order valence-electron chi connectivity index (χ1n) is 9.84. The molecule has 0 bridgehead atoms. The third kappa shape index (κ3) is 22.3. The van der Waals surface area contributed by atoms with Crippen LogP contribution >= 0.6 is 37.0 Å². The second-order valence-corrected chi connectivity index (χ2v) is 7.03. The Morgan fingerprint density at radius 3 is 1.44 bits per heavy atom. The van der Waals surface area contributed by atoms with Gasteiger partial charge in [-0.1, -0.05) is 84.0 Å². The highest BCUT2D eigenvalue weighted by Crippen LogP contribution is 2.13. The molecule has 0 amide bonds. The maximum Gasteiger partial charge on any atom is 0.160 e. The van der Waals surface area contributed by atoms with Crippen LogP contribution in [0.15, 0.2) is 0 Å². The zero-order valence-corrected chi connectivity index (χ0v) is 18.6. The minimum atomic E-state index is -0.107. The van der Waals surface area contributed by atoms with E-state index in [1.165, 1.54) is 77.0 Å². The molecule has 0 heterocycles. The van der Waals surface area contributed by atoms with E-state index >= 15 is 0 Å². The van der Waals surface area contributed by atoms with Gasteiger partial charge >= 0.3 is 0 Å². The van der Waals surface area contributed by atoms with E-state index in [1.54, 1.807) is 0 Å². The third-order valence-electron chi connectivity index (χ3n) is 4.31. The summed E-state index contributed by atoms with van der Waals surface area (Å²) in [6, 6.07) is 0. The van der Waals surface area contributed by atoms with Crippen molar-refractivity contribution >= 4 is 42.1 Å². The summed E-state index contributed by atoms with van der Waals surface area (Å²) in [5, 5.41) is 0.675. The van der Waals surface area contributed by atoms with E-state index in [0.29, 0.717) is 18.1 Å². The number of nitrogens with two attached hydrogens (primary N) is 2. The predicted octanol–water partition coefficient (Wildman–Crippen LogP) is 5.94. The molecule has 25 heavy (non-hydrogen) atoms. The Kier molecular flexibility index (Phi) is 29.4. The fourth-order valence-electron chi connectivity index (χ4n) is 2.72. The van der Waals surface area contributed by atoms with E-state index in [4.69, 9.17) is 28.4 Å². The summed E-state index contributed by atoms with van der Waals surface area (Å²) < 4.78 is 5.54. The summed E-state index contributed by atoms with van der Waals surface area (Å²) in [7, 11) is 0. The smallest absolute Gasteiger partial charge is 0.160 e. The van der Waals surface area contributed by atoms with Gasteiger partial charge in [0.1, 0.15) is 6.10 Å². The van der Waals surface area contributed by atoms with Gasteiger partial charge in [-0.3, -0.25) is 0 Å². The standard InChI is InChI=1S/C19H40N2OS.2ClH/c1-2-3-4-5-6-7-8-9-10-11-12-13-14-15-19(23)22-18(16-20)17-21;;/h18H,2-17,20-21H2,1H3;2*1H. The molecule has 0 spiro atoms. The van der Waals surface area contributed by atoms with Crippen molar-refractivity contribution in [2.45, 2.75) is 103 Å². The van der Waals surface area contributed by atoms with E-state index in [-0.39, 0.29) is 30.9 Å². The summed E-state index contributed by atoms with van der Waals surface area (Å²) in [5.41, 5.74) is 11.1. The van der Waals surface area contributed by atoms with Gasteiger partial charge in [-0.25, -0.2) is 0 Å². The van der Waals surface area contributed by atoms with Gasteiger partial charge in [-0.15, -0.1) is 24.8 Å². The third-order valence-corrected chi connectivity index (χ3v) is 4.61. The van der Waals surface area contributed by atoms with Gasteiger partial charge in [-0.05, 0) is 18.6 Å². The molecule has 6 heteroatoms. The van der Waals surface area contributed by atoms with Gasteiger partial charge in [0.25, 0.3) is 0 Å². The van der Waals surface area contributed by atoms with Crippen LogP contribution in [0.2, 0.25) is 0 Å². The minimum Gasteiger partial charge on any atom is -0.481 e. The first-order chi connectivity index (χ1) is 11.2. The van der Waals surface area contributed by atoms with Crippen molar-refractivity contribution < 1.29 is 4.74 Å². The number of hydrogen-bond acceptors (Lipinski definition) is 4. The summed E-state index contributed by atoms with van der Waals surface area (Å²) in [5.74, 6) is 0. The highest BCUT2D eigenvalue weighted by Gasteiger charge is 2.07. The van der Waals surface area contributed by atoms with Crippen LogP contribution in [0.3, 0.4) is 0 Å². The Balaban J connectivity index is -0.00000242. The van der Waals surface area contributed by atoms with E-state index in [0.717, 1.165) is 12.8 Å². The second-order valence-electron chi connectivity index (χ2n) is 6.58. The molecule has 0 unspecified atom stereocenters. The van der Waals surface area contributed by atoms with Crippen LogP contribution < -0.4 is 11.5 Å². The summed E-state index contributed by atoms with van der Waals surface area (Å²) in [6.07, 6.45) is 18.5. The molecule has 0 aliphatic heterocycles. The van der Waals surface area contributed by atoms with E-state index < -0.39 is 0 Å². The zero-order valence-electron chi connectivity index (χ0n) is 16.2. The van der Waals surface area contributed by atoms with Gasteiger partial charge in [0.15, 0.2) is 5.05 Å². The topological polar surface area (TPSA) is 61.3 Å². The van der Waals surface area contributed by atoms with Crippen LogP contribution in [-0.2, 0) is 4.74 Å². The Hall–Kier alpha value is 0.390. The largest absolute Gasteiger partial charge is 0.481 e. The quantitative estimate of drug-likeness (QED) is 0.227. The molecule has 4 N–H and O–H groups in total. The highest BCUT2D eigenvalue weighted by molar-refractivity contribution is 7.80. The molecule has 0 rings (SSSR count). The van der Waals surface area contributed by atoms with Crippen molar-refractivity contribution in [3.8, 4) is 0 Å². The molecule has 0 fully saturated rings. The fraction of sp³-hybridized carbons (Fsp3) is 0.947. The maximum absolute atomic E-state index is 5.54. The fourth-order valence-corrected chi connectivity index (χ4v) is 3.00. The number of ether oxygens (including phenoxy) is 1. The Morgan fingerprint density at radius 2 is 1.08 bits per heavy atom. The van der Waals surface area contributed by atoms with Crippen LogP contribution in [0.25, 0.3) is 0 Å². The molecule has 0 saturated carbocycles. The van der Waals surface area contributed by atoms with Crippen molar-refractivity contribution in [1.29, 1.82) is 0 Å². The van der Waals surface area contributed by atoms with Crippen LogP contribution in [0.1, 0.15) is 96.8 Å². The molecular formula is C19H42Cl2N2OS. The number of halogens is 2. The number of rotatable bonds is 17. The molecule has 0 aromatic rings. The summed E-state index contributed by atoms with van der Waals surface area (Å²) in [6.45, 7) is 3.15. The molecule has 0 aliphatic rings. The van der Waals surface area contributed by atoms with Crippen molar-refractivity contribution in [2.75, 3.05) is 13.1 Å². The molecule has 154 valence electrons. The van der Waals surface area contributed by atoms with Crippen molar-refractivity contribution in [3.63, 3.8) is 0 Å². The van der Waals surface area contributed by atoms with E-state index in [9.17, 15) is 0 Å². The number of hydrogen-bond donors (Lipinski definition) is 2. The van der Waals surface area contributed by atoms with Gasteiger partial charge in [-0.2, -0.15) is 0 Å². The predicted molar refractivity (Wildman–Crippen MR) is 120 cm³/mol. The van der Waals surface area contributed by atoms with Crippen molar-refractivity contribution in [1.82, 2.24) is 0 Å². The Labute approximate surface area is 174 Å². The lowest BCUT2D eigenvalue weighted by Crippen LogP contribution is -2.33. The van der Waals surface area contributed by atoms with Gasteiger partial charge < -0.3 is 16.2 Å². The average molecular weight is 418 g/mol. The number of thiocarbonyl (C=S) groups is 1. The minimum absolute atomic E-state index is 0. The lowest BCUT2D eigenvalue weighted by molar-refractivity contribution is 0.204. The molecule has 0 aromatic carbocycles. The lowest BCUT2D eigenvalue weighted by Gasteiger charge is -2.15. The average Bonchev–Trinajstić information content (AvgIpc) is 2.56. The maximum atomic E-state index is 5.54. The summed E-state index contributed by atoms with van der Waals surface area (Å²) in [4.78, 5) is 0. The van der Waals surface area contributed by atoms with Gasteiger partial charge in [0, 0.05) is 19.5 Å². The molecule has 0 saturated heterocycles. The van der Waals surface area contributed by atoms with Crippen LogP contribution in [-0.4, -0.2) is 24.2 Å². The highest BCUT2D eigenvalue weighted by atomic mass is 35.5. The Bertz CT molecular complexity index is 268. The molecule has 0 aliphatic carbocycles. The van der Waals surface area contributed by atoms with Gasteiger partial charge in [0.05, 0.1) is 0 Å². The SMILES string of the molecule is CCCCCCCCCCCCCCCC(=S)OC(CN)CN.Cl.Cl. The first-order valence-corrected chi connectivity index (χ1v) is 10.2. The molecule has 3 nitrogen and oxygen atoms in total. The molecule has 0 radical (unpaired) electrons. The van der Waals surface area contributed by atoms with Crippen molar-refractivity contribution in [3.05, 3.63) is 0 Å². The normalized spacial score (nSPS) is 10.2. The van der Waals surface area contributed by atoms with Gasteiger partial charge in [0.2, 0.25) is 0 Å². The van der Waals surface area contributed by atoms with Crippen LogP contribution in [0.5, 0.6) is 0 Å². The number of unbranched alkanes of at least 4 members (excludes halogenated alkanes) is 12. The Morgan fingerprint density at radius 1 is 0.720 bits per heavy atom. The van der Waals surface area contributed by atoms with E-state index in [1.807, 2.05) is 0 Å². The zero-order chi connectivity index (χ0) is 17.2. The molecule has 0 aromatic heterocycles. The molecule has 0 atom stereocenters. The molecular weight excluding hydrogens is 375 g/mol. The van der Waals surface area contributed by atoms with E-state index in [2.05, 4.69) is 6.92 Å². The second kappa shape index (κ2) is 24.4. The van der Waals surface area contributed by atoms with Crippen LogP contribution in [0, 0.1) is 0 Å². The lowest BCUT2D eigenvalue weighted by atomic mass is 10.0.